The standard InChI is InChI=1S/C20H17ClN4O2/c1-12(20-22-17-7-6-14(21)11-18(17)23-20)25-19(26)9-8-16(24-25)13-4-3-5-15(10-13)27-2/h3-12H,1-2H3,(H,22,23). The molecule has 4 aromatic rings. The van der Waals surface area contributed by atoms with Gasteiger partial charge in [0.05, 0.1) is 23.8 Å². The molecular weight excluding hydrogens is 364 g/mol. The molecule has 136 valence electrons. The first-order valence-corrected chi connectivity index (χ1v) is 8.82. The molecule has 0 aliphatic carbocycles. The van der Waals surface area contributed by atoms with Crippen LogP contribution in [-0.2, 0) is 0 Å². The Kier molecular flexibility index (Phi) is 4.41. The first kappa shape index (κ1) is 17.3. The van der Waals surface area contributed by atoms with Gasteiger partial charge in [0.15, 0.2) is 0 Å². The average Bonchev–Trinajstić information content (AvgIpc) is 3.11. The van der Waals surface area contributed by atoms with Gasteiger partial charge < -0.3 is 9.72 Å². The summed E-state index contributed by atoms with van der Waals surface area (Å²) in [4.78, 5) is 20.2. The van der Waals surface area contributed by atoms with Gasteiger partial charge in [-0.3, -0.25) is 4.79 Å². The highest BCUT2D eigenvalue weighted by Gasteiger charge is 2.16. The second-order valence-electron chi connectivity index (χ2n) is 6.19. The summed E-state index contributed by atoms with van der Waals surface area (Å²) >= 11 is 6.04. The molecule has 27 heavy (non-hydrogen) atoms. The normalized spacial score (nSPS) is 12.3. The predicted molar refractivity (Wildman–Crippen MR) is 105 cm³/mol. The molecule has 0 amide bonds. The Hall–Kier alpha value is -3.12. The number of methoxy groups -OCH3 is 1. The molecule has 2 aromatic heterocycles. The molecular formula is C20H17ClN4O2. The van der Waals surface area contributed by atoms with Crippen LogP contribution in [0.4, 0.5) is 0 Å². The molecule has 7 heteroatoms. The van der Waals surface area contributed by atoms with Crippen molar-refractivity contribution in [2.24, 2.45) is 0 Å². The van der Waals surface area contributed by atoms with Gasteiger partial charge in [0.25, 0.3) is 5.56 Å². The third kappa shape index (κ3) is 3.31. The second kappa shape index (κ2) is 6.89. The third-order valence-electron chi connectivity index (χ3n) is 4.42. The Morgan fingerprint density at radius 2 is 2.00 bits per heavy atom. The molecule has 2 heterocycles. The van der Waals surface area contributed by atoms with E-state index in [0.29, 0.717) is 16.5 Å². The lowest BCUT2D eigenvalue weighted by atomic mass is 10.1. The van der Waals surface area contributed by atoms with Gasteiger partial charge in [0, 0.05) is 16.7 Å². The molecule has 1 N–H and O–H groups in total. The van der Waals surface area contributed by atoms with E-state index in [1.165, 1.54) is 10.7 Å². The van der Waals surface area contributed by atoms with Gasteiger partial charge in [-0.25, -0.2) is 9.67 Å². The number of H-pyrrole nitrogens is 1. The molecule has 1 atom stereocenters. The number of aromatic nitrogens is 4. The van der Waals surface area contributed by atoms with Gasteiger partial charge in [0.2, 0.25) is 0 Å². The second-order valence-corrected chi connectivity index (χ2v) is 6.63. The van der Waals surface area contributed by atoms with Gasteiger partial charge in [-0.1, -0.05) is 23.7 Å². The van der Waals surface area contributed by atoms with Crippen LogP contribution in [0, 0.1) is 0 Å². The van der Waals surface area contributed by atoms with E-state index >= 15 is 0 Å². The predicted octanol–water partition coefficient (Wildman–Crippen LogP) is 4.06. The number of aromatic amines is 1. The molecule has 0 spiro atoms. The number of fused-ring (bicyclic) bond motifs is 1. The lowest BCUT2D eigenvalue weighted by Crippen LogP contribution is -2.26. The van der Waals surface area contributed by atoms with Crippen molar-refractivity contribution >= 4 is 22.6 Å². The van der Waals surface area contributed by atoms with Gasteiger partial charge >= 0.3 is 0 Å². The topological polar surface area (TPSA) is 72.8 Å². The summed E-state index contributed by atoms with van der Waals surface area (Å²) in [6, 6.07) is 15.8. The van der Waals surface area contributed by atoms with E-state index in [-0.39, 0.29) is 11.6 Å². The van der Waals surface area contributed by atoms with Crippen molar-refractivity contribution in [3.63, 3.8) is 0 Å². The van der Waals surface area contributed by atoms with Crippen LogP contribution in [0.3, 0.4) is 0 Å². The zero-order valence-electron chi connectivity index (χ0n) is 14.8. The Bertz CT molecular complexity index is 1180. The molecule has 0 fully saturated rings. The Balaban J connectivity index is 1.76. The van der Waals surface area contributed by atoms with E-state index in [1.54, 1.807) is 19.2 Å². The molecule has 1 unspecified atom stereocenters. The van der Waals surface area contributed by atoms with Crippen LogP contribution in [0.1, 0.15) is 18.8 Å². The SMILES string of the molecule is COc1cccc(-c2ccc(=O)n(C(C)c3nc4ccc(Cl)cc4[nH]3)n2)c1. The largest absolute Gasteiger partial charge is 0.497 e. The van der Waals surface area contributed by atoms with Crippen molar-refractivity contribution in [3.8, 4) is 17.0 Å². The molecule has 0 saturated carbocycles. The van der Waals surface area contributed by atoms with Gasteiger partial charge in [-0.15, -0.1) is 0 Å². The summed E-state index contributed by atoms with van der Waals surface area (Å²) in [6.07, 6.45) is 0. The quantitative estimate of drug-likeness (QED) is 0.579. The zero-order valence-corrected chi connectivity index (χ0v) is 15.6. The van der Waals surface area contributed by atoms with E-state index in [2.05, 4.69) is 15.1 Å². The first-order valence-electron chi connectivity index (χ1n) is 8.44. The van der Waals surface area contributed by atoms with Crippen molar-refractivity contribution in [1.82, 2.24) is 19.7 Å². The monoisotopic (exact) mass is 380 g/mol. The zero-order chi connectivity index (χ0) is 19.0. The van der Waals surface area contributed by atoms with Gasteiger partial charge in [0.1, 0.15) is 17.6 Å². The van der Waals surface area contributed by atoms with Crippen LogP contribution in [0.5, 0.6) is 5.75 Å². The van der Waals surface area contributed by atoms with Crippen molar-refractivity contribution in [2.45, 2.75) is 13.0 Å². The van der Waals surface area contributed by atoms with E-state index in [1.807, 2.05) is 43.3 Å². The summed E-state index contributed by atoms with van der Waals surface area (Å²) in [7, 11) is 1.61. The maximum absolute atomic E-state index is 12.4. The maximum atomic E-state index is 12.4. The van der Waals surface area contributed by atoms with E-state index in [9.17, 15) is 4.79 Å². The minimum Gasteiger partial charge on any atom is -0.497 e. The molecule has 0 aliphatic heterocycles. The number of rotatable bonds is 4. The number of hydrogen-bond donors (Lipinski definition) is 1. The van der Waals surface area contributed by atoms with Crippen LogP contribution in [0.15, 0.2) is 59.4 Å². The van der Waals surface area contributed by atoms with E-state index < -0.39 is 0 Å². The minimum absolute atomic E-state index is 0.201. The summed E-state index contributed by atoms with van der Waals surface area (Å²) in [6.45, 7) is 1.88. The highest BCUT2D eigenvalue weighted by atomic mass is 35.5. The number of benzene rings is 2. The summed E-state index contributed by atoms with van der Waals surface area (Å²) in [5, 5.41) is 5.17. The number of imidazole rings is 1. The molecule has 0 aliphatic rings. The summed E-state index contributed by atoms with van der Waals surface area (Å²) in [5.41, 5.74) is 2.96. The smallest absolute Gasteiger partial charge is 0.267 e. The molecule has 0 radical (unpaired) electrons. The third-order valence-corrected chi connectivity index (χ3v) is 4.65. The Morgan fingerprint density at radius 1 is 1.15 bits per heavy atom. The molecule has 0 saturated heterocycles. The fourth-order valence-corrected chi connectivity index (χ4v) is 3.13. The van der Waals surface area contributed by atoms with Crippen molar-refractivity contribution in [2.75, 3.05) is 7.11 Å². The van der Waals surface area contributed by atoms with Crippen LogP contribution in [-0.4, -0.2) is 26.9 Å². The molecule has 2 aromatic carbocycles. The number of ether oxygens (including phenoxy) is 1. The fraction of sp³-hybridized carbons (Fsp3) is 0.150. The van der Waals surface area contributed by atoms with Gasteiger partial charge in [-0.05, 0) is 43.3 Å². The van der Waals surface area contributed by atoms with Crippen LogP contribution in [0.25, 0.3) is 22.3 Å². The van der Waals surface area contributed by atoms with Gasteiger partial charge in [-0.2, -0.15) is 5.10 Å². The number of hydrogen-bond acceptors (Lipinski definition) is 4. The molecule has 6 nitrogen and oxygen atoms in total. The number of nitrogens with zero attached hydrogens (tertiary/aromatic N) is 3. The number of halogens is 1. The van der Waals surface area contributed by atoms with Crippen LogP contribution >= 0.6 is 11.6 Å². The Labute approximate surface area is 160 Å². The highest BCUT2D eigenvalue weighted by Crippen LogP contribution is 2.23. The van der Waals surface area contributed by atoms with Crippen LogP contribution < -0.4 is 10.3 Å². The molecule has 0 bridgehead atoms. The van der Waals surface area contributed by atoms with Crippen LogP contribution in [0.2, 0.25) is 5.02 Å². The maximum Gasteiger partial charge on any atom is 0.267 e. The fourth-order valence-electron chi connectivity index (χ4n) is 2.95. The van der Waals surface area contributed by atoms with Crippen molar-refractivity contribution in [3.05, 3.63) is 75.8 Å². The number of nitrogens with one attached hydrogen (secondary N) is 1. The lowest BCUT2D eigenvalue weighted by Gasteiger charge is -2.13. The van der Waals surface area contributed by atoms with Crippen molar-refractivity contribution < 1.29 is 4.74 Å². The highest BCUT2D eigenvalue weighted by molar-refractivity contribution is 6.31. The summed E-state index contributed by atoms with van der Waals surface area (Å²) in [5.74, 6) is 1.37. The van der Waals surface area contributed by atoms with E-state index in [0.717, 1.165) is 22.3 Å². The van der Waals surface area contributed by atoms with E-state index in [4.69, 9.17) is 16.3 Å². The summed E-state index contributed by atoms with van der Waals surface area (Å²) < 4.78 is 6.69. The minimum atomic E-state index is -0.366. The average molecular weight is 381 g/mol. The Morgan fingerprint density at radius 3 is 2.81 bits per heavy atom. The first-order chi connectivity index (χ1) is 13.0. The lowest BCUT2D eigenvalue weighted by molar-refractivity contribution is 0.415. The molecule has 4 rings (SSSR count). The van der Waals surface area contributed by atoms with Crippen molar-refractivity contribution in [1.29, 1.82) is 0 Å².